The Balaban J connectivity index is 1.69. The zero-order valence-electron chi connectivity index (χ0n) is 14.4. The second-order valence-electron chi connectivity index (χ2n) is 6.80. The first-order valence-corrected chi connectivity index (χ1v) is 8.78. The van der Waals surface area contributed by atoms with Crippen molar-refractivity contribution in [1.82, 2.24) is 9.80 Å². The van der Waals surface area contributed by atoms with Crippen molar-refractivity contribution in [3.63, 3.8) is 0 Å². The quantitative estimate of drug-likeness (QED) is 0.852. The fourth-order valence-electron chi connectivity index (χ4n) is 4.02. The van der Waals surface area contributed by atoms with Crippen LogP contribution in [0.15, 0.2) is 24.3 Å². The molecule has 3 rings (SSSR count). The number of benzene rings is 1. The van der Waals surface area contributed by atoms with Gasteiger partial charge >= 0.3 is 0 Å². The number of nitrogens with zero attached hydrogens (tertiary/aromatic N) is 3. The van der Waals surface area contributed by atoms with Crippen LogP contribution < -0.4 is 4.74 Å². The van der Waals surface area contributed by atoms with Crippen LogP contribution >= 0.6 is 0 Å². The molecule has 1 aromatic carbocycles. The summed E-state index contributed by atoms with van der Waals surface area (Å²) in [6.45, 7) is 3.70. The first-order valence-electron chi connectivity index (χ1n) is 8.78. The van der Waals surface area contributed by atoms with Crippen LogP contribution in [0.3, 0.4) is 0 Å². The van der Waals surface area contributed by atoms with Gasteiger partial charge in [-0.2, -0.15) is 5.26 Å². The van der Waals surface area contributed by atoms with Gasteiger partial charge in [-0.05, 0) is 58.3 Å². The van der Waals surface area contributed by atoms with E-state index in [1.54, 1.807) is 25.1 Å². The molecule has 24 heavy (non-hydrogen) atoms. The molecule has 2 fully saturated rings. The molecule has 0 unspecified atom stereocenters. The fourth-order valence-corrected chi connectivity index (χ4v) is 4.02. The Labute approximate surface area is 143 Å². The molecule has 5 nitrogen and oxygen atoms in total. The summed E-state index contributed by atoms with van der Waals surface area (Å²) in [6.07, 6.45) is 3.93. The van der Waals surface area contributed by atoms with Crippen LogP contribution in [0.4, 0.5) is 0 Å². The summed E-state index contributed by atoms with van der Waals surface area (Å²) in [4.78, 5) is 17.3. The van der Waals surface area contributed by atoms with E-state index in [0.717, 1.165) is 32.4 Å². The topological polar surface area (TPSA) is 56.6 Å². The Morgan fingerprint density at radius 1 is 1.25 bits per heavy atom. The van der Waals surface area contributed by atoms with Gasteiger partial charge in [-0.3, -0.25) is 4.79 Å². The highest BCUT2D eigenvalue weighted by Crippen LogP contribution is 2.30. The number of para-hydroxylation sites is 1. The summed E-state index contributed by atoms with van der Waals surface area (Å²) < 4.78 is 5.82. The van der Waals surface area contributed by atoms with Gasteiger partial charge in [0.1, 0.15) is 11.8 Å². The van der Waals surface area contributed by atoms with Crippen LogP contribution in [0, 0.1) is 11.3 Å². The average Bonchev–Trinajstić information content (AvgIpc) is 3.22. The van der Waals surface area contributed by atoms with Gasteiger partial charge in [0.2, 0.25) is 0 Å². The molecular formula is C19H25N3O2. The maximum atomic E-state index is 12.9. The molecule has 0 spiro atoms. The summed E-state index contributed by atoms with van der Waals surface area (Å²) in [5, 5.41) is 9.17. The van der Waals surface area contributed by atoms with Crippen molar-refractivity contribution in [3.8, 4) is 11.8 Å². The van der Waals surface area contributed by atoms with Crippen molar-refractivity contribution < 1.29 is 9.53 Å². The first kappa shape index (κ1) is 16.8. The van der Waals surface area contributed by atoms with Gasteiger partial charge in [0.05, 0.1) is 5.56 Å². The Morgan fingerprint density at radius 2 is 1.96 bits per heavy atom. The molecule has 2 aliphatic rings. The van der Waals surface area contributed by atoms with Crippen molar-refractivity contribution in [2.24, 2.45) is 0 Å². The molecule has 0 N–H and O–H groups in total. The van der Waals surface area contributed by atoms with Gasteiger partial charge in [0.25, 0.3) is 5.91 Å². The van der Waals surface area contributed by atoms with E-state index in [4.69, 9.17) is 10.00 Å². The maximum Gasteiger partial charge on any atom is 0.263 e. The van der Waals surface area contributed by atoms with Gasteiger partial charge in [-0.15, -0.1) is 0 Å². The molecule has 1 amide bonds. The van der Waals surface area contributed by atoms with Crippen molar-refractivity contribution >= 4 is 5.91 Å². The molecule has 0 radical (unpaired) electrons. The third-order valence-electron chi connectivity index (χ3n) is 5.26. The fraction of sp³-hybridized carbons (Fsp3) is 0.579. The maximum absolute atomic E-state index is 12.9. The molecule has 2 aliphatic heterocycles. The van der Waals surface area contributed by atoms with E-state index < -0.39 is 6.10 Å². The average molecular weight is 327 g/mol. The summed E-state index contributed by atoms with van der Waals surface area (Å²) in [7, 11) is 2.15. The summed E-state index contributed by atoms with van der Waals surface area (Å²) in [6, 6.07) is 9.94. The van der Waals surface area contributed by atoms with Crippen LogP contribution in [0.1, 0.15) is 38.2 Å². The Hall–Kier alpha value is -2.06. The Morgan fingerprint density at radius 3 is 2.67 bits per heavy atom. The van der Waals surface area contributed by atoms with Crippen LogP contribution in [-0.4, -0.2) is 54.0 Å². The van der Waals surface area contributed by atoms with Crippen molar-refractivity contribution in [1.29, 1.82) is 5.26 Å². The zero-order chi connectivity index (χ0) is 17.1. The SMILES string of the molecule is C[C@H](Oc1ccccc1C#N)C(=O)N1CCC[C@@H]1[C@@H]1CCCN1C. The highest BCUT2D eigenvalue weighted by Gasteiger charge is 2.39. The lowest BCUT2D eigenvalue weighted by molar-refractivity contribution is -0.139. The second-order valence-corrected chi connectivity index (χ2v) is 6.80. The van der Waals surface area contributed by atoms with Crippen LogP contribution in [0.25, 0.3) is 0 Å². The van der Waals surface area contributed by atoms with E-state index in [9.17, 15) is 4.79 Å². The lowest BCUT2D eigenvalue weighted by Crippen LogP contribution is -2.50. The van der Waals surface area contributed by atoms with Gasteiger partial charge in [-0.25, -0.2) is 0 Å². The van der Waals surface area contributed by atoms with E-state index >= 15 is 0 Å². The molecule has 128 valence electrons. The monoisotopic (exact) mass is 327 g/mol. The number of likely N-dealkylation sites (tertiary alicyclic amines) is 2. The molecule has 0 aliphatic carbocycles. The van der Waals surface area contributed by atoms with Crippen molar-refractivity contribution in [3.05, 3.63) is 29.8 Å². The molecule has 0 aromatic heterocycles. The summed E-state index contributed by atoms with van der Waals surface area (Å²) in [5.74, 6) is 0.514. The second kappa shape index (κ2) is 7.23. The van der Waals surface area contributed by atoms with E-state index in [-0.39, 0.29) is 5.91 Å². The van der Waals surface area contributed by atoms with Gasteiger partial charge in [0, 0.05) is 18.6 Å². The number of carbonyl (C=O) groups excluding carboxylic acids is 1. The van der Waals surface area contributed by atoms with E-state index in [1.165, 1.54) is 6.42 Å². The largest absolute Gasteiger partial charge is 0.480 e. The molecule has 2 saturated heterocycles. The summed E-state index contributed by atoms with van der Waals surface area (Å²) >= 11 is 0. The van der Waals surface area contributed by atoms with E-state index in [2.05, 4.69) is 18.0 Å². The number of hydrogen-bond acceptors (Lipinski definition) is 4. The number of amides is 1. The number of nitriles is 1. The zero-order valence-corrected chi connectivity index (χ0v) is 14.4. The highest BCUT2D eigenvalue weighted by atomic mass is 16.5. The predicted octanol–water partition coefficient (Wildman–Crippen LogP) is 2.41. The molecular weight excluding hydrogens is 302 g/mol. The minimum atomic E-state index is -0.577. The van der Waals surface area contributed by atoms with Crippen LogP contribution in [0.2, 0.25) is 0 Å². The van der Waals surface area contributed by atoms with Gasteiger partial charge < -0.3 is 14.5 Å². The van der Waals surface area contributed by atoms with Crippen molar-refractivity contribution in [2.45, 2.75) is 50.8 Å². The minimum absolute atomic E-state index is 0.0329. The normalized spacial score (nSPS) is 25.5. The smallest absolute Gasteiger partial charge is 0.263 e. The molecule has 0 saturated carbocycles. The predicted molar refractivity (Wildman–Crippen MR) is 91.6 cm³/mol. The van der Waals surface area contributed by atoms with Crippen LogP contribution in [-0.2, 0) is 4.79 Å². The molecule has 5 heteroatoms. The molecule has 1 aromatic rings. The molecule has 0 bridgehead atoms. The van der Waals surface area contributed by atoms with E-state index in [0.29, 0.717) is 23.4 Å². The van der Waals surface area contributed by atoms with E-state index in [1.807, 2.05) is 11.0 Å². The molecule has 2 heterocycles. The Kier molecular flexibility index (Phi) is 5.06. The van der Waals surface area contributed by atoms with Crippen LogP contribution in [0.5, 0.6) is 5.75 Å². The van der Waals surface area contributed by atoms with Crippen molar-refractivity contribution in [2.75, 3.05) is 20.1 Å². The minimum Gasteiger partial charge on any atom is -0.480 e. The highest BCUT2D eigenvalue weighted by molar-refractivity contribution is 5.81. The van der Waals surface area contributed by atoms with Gasteiger partial charge in [0.15, 0.2) is 6.10 Å². The molecule has 3 atom stereocenters. The number of carbonyl (C=O) groups is 1. The number of ether oxygens (including phenoxy) is 1. The number of rotatable bonds is 4. The first-order chi connectivity index (χ1) is 11.6. The van der Waals surface area contributed by atoms with Gasteiger partial charge in [-0.1, -0.05) is 12.1 Å². The number of likely N-dealkylation sites (N-methyl/N-ethyl adjacent to an activating group) is 1. The third kappa shape index (κ3) is 3.25. The number of hydrogen-bond donors (Lipinski definition) is 0. The summed E-state index contributed by atoms with van der Waals surface area (Å²) in [5.41, 5.74) is 0.464. The third-order valence-corrected chi connectivity index (χ3v) is 5.26. The standard InChI is InChI=1S/C19H25N3O2/c1-14(24-18-10-4-3-7-15(18)13-20)19(23)22-12-6-9-17(22)16-8-5-11-21(16)2/h3-4,7,10,14,16-17H,5-6,8-9,11-12H2,1-2H3/t14-,16-,17+/m0/s1. The lowest BCUT2D eigenvalue weighted by Gasteiger charge is -2.34. The lowest BCUT2D eigenvalue weighted by atomic mass is 10.0. The Bertz CT molecular complexity index is 640.